The number of hydrogen-bond acceptors (Lipinski definition) is 6. The van der Waals surface area contributed by atoms with Crippen molar-refractivity contribution in [3.63, 3.8) is 0 Å². The summed E-state index contributed by atoms with van der Waals surface area (Å²) in [4.78, 5) is 4.46. The molecular weight excluding hydrogens is 318 g/mol. The highest BCUT2D eigenvalue weighted by atomic mass is 16.5. The van der Waals surface area contributed by atoms with Gasteiger partial charge in [0, 0.05) is 22.9 Å². The number of nitrogens with one attached hydrogen (secondary N) is 1. The summed E-state index contributed by atoms with van der Waals surface area (Å²) in [5.74, 6) is 2.45. The molecule has 2 aromatic carbocycles. The standard InChI is InChI=1S/C18H15N5O2/c1-24-12-8-6-11(7-9-12)16-10-15(23-25-16)18-20-17(21-22-18)13-4-2-3-5-14(13)19/h2-10H,19H2,1H3,(H,20,21,22). The van der Waals surface area contributed by atoms with E-state index < -0.39 is 0 Å². The quantitative estimate of drug-likeness (QED) is 0.555. The van der Waals surface area contributed by atoms with Gasteiger partial charge in [0.1, 0.15) is 5.75 Å². The average molecular weight is 333 g/mol. The third-order valence-electron chi connectivity index (χ3n) is 3.81. The lowest BCUT2D eigenvalue weighted by Crippen LogP contribution is -1.90. The van der Waals surface area contributed by atoms with Crippen molar-refractivity contribution >= 4 is 5.69 Å². The van der Waals surface area contributed by atoms with Crippen molar-refractivity contribution in [2.45, 2.75) is 0 Å². The van der Waals surface area contributed by atoms with Crippen molar-refractivity contribution < 1.29 is 9.26 Å². The first-order chi connectivity index (χ1) is 12.2. The van der Waals surface area contributed by atoms with Gasteiger partial charge in [0.2, 0.25) is 0 Å². The average Bonchev–Trinajstić information content (AvgIpc) is 3.32. The summed E-state index contributed by atoms with van der Waals surface area (Å²) in [7, 11) is 1.63. The summed E-state index contributed by atoms with van der Waals surface area (Å²) in [6.07, 6.45) is 0. The molecule has 4 rings (SSSR count). The molecule has 7 heteroatoms. The molecule has 25 heavy (non-hydrogen) atoms. The summed E-state index contributed by atoms with van der Waals surface area (Å²) in [6.45, 7) is 0. The minimum absolute atomic E-state index is 0.516. The van der Waals surface area contributed by atoms with Crippen LogP contribution >= 0.6 is 0 Å². The zero-order chi connectivity index (χ0) is 17.2. The molecule has 0 aliphatic rings. The Morgan fingerprint density at radius 2 is 1.88 bits per heavy atom. The Morgan fingerprint density at radius 3 is 2.64 bits per heavy atom. The predicted molar refractivity (Wildman–Crippen MR) is 93.7 cm³/mol. The number of hydrogen-bond donors (Lipinski definition) is 2. The summed E-state index contributed by atoms with van der Waals surface area (Å²) in [5, 5.41) is 11.1. The minimum atomic E-state index is 0.516. The summed E-state index contributed by atoms with van der Waals surface area (Å²) >= 11 is 0. The van der Waals surface area contributed by atoms with Crippen LogP contribution in [0.15, 0.2) is 59.1 Å². The fourth-order valence-corrected chi connectivity index (χ4v) is 2.48. The van der Waals surface area contributed by atoms with Crippen molar-refractivity contribution in [1.82, 2.24) is 20.3 Å². The van der Waals surface area contributed by atoms with E-state index in [-0.39, 0.29) is 0 Å². The molecule has 0 fully saturated rings. The van der Waals surface area contributed by atoms with Gasteiger partial charge in [-0.3, -0.25) is 5.10 Å². The van der Waals surface area contributed by atoms with Crippen LogP contribution in [0.3, 0.4) is 0 Å². The Kier molecular flexibility index (Phi) is 3.66. The molecular formula is C18H15N5O2. The highest BCUT2D eigenvalue weighted by molar-refractivity contribution is 5.72. The van der Waals surface area contributed by atoms with Crippen molar-refractivity contribution in [1.29, 1.82) is 0 Å². The van der Waals surface area contributed by atoms with E-state index in [1.807, 2.05) is 48.5 Å². The van der Waals surface area contributed by atoms with Gasteiger partial charge in [-0.05, 0) is 36.4 Å². The third kappa shape index (κ3) is 2.83. The van der Waals surface area contributed by atoms with Gasteiger partial charge in [-0.15, -0.1) is 0 Å². The molecule has 0 unspecified atom stereocenters. The van der Waals surface area contributed by atoms with Crippen molar-refractivity contribution in [3.8, 4) is 40.0 Å². The van der Waals surface area contributed by atoms with Crippen LogP contribution in [0, 0.1) is 0 Å². The molecule has 0 aliphatic carbocycles. The first kappa shape index (κ1) is 14.9. The first-order valence-corrected chi connectivity index (χ1v) is 7.63. The van der Waals surface area contributed by atoms with E-state index in [2.05, 4.69) is 20.3 Å². The van der Waals surface area contributed by atoms with Gasteiger partial charge in [-0.1, -0.05) is 17.3 Å². The lowest BCUT2D eigenvalue weighted by Gasteiger charge is -1.99. The lowest BCUT2D eigenvalue weighted by molar-refractivity contribution is 0.414. The highest BCUT2D eigenvalue weighted by Crippen LogP contribution is 2.28. The maximum absolute atomic E-state index is 5.97. The first-order valence-electron chi connectivity index (χ1n) is 7.63. The maximum Gasteiger partial charge on any atom is 0.183 e. The van der Waals surface area contributed by atoms with Crippen LogP contribution in [0.4, 0.5) is 5.69 Å². The van der Waals surface area contributed by atoms with E-state index in [9.17, 15) is 0 Å². The van der Waals surface area contributed by atoms with E-state index in [4.69, 9.17) is 15.0 Å². The predicted octanol–water partition coefficient (Wildman–Crippen LogP) is 3.38. The summed E-state index contributed by atoms with van der Waals surface area (Å²) in [5.41, 5.74) is 8.81. The molecule has 0 amide bonds. The Labute approximate surface area is 143 Å². The van der Waals surface area contributed by atoms with Gasteiger partial charge in [0.15, 0.2) is 23.1 Å². The van der Waals surface area contributed by atoms with Gasteiger partial charge in [0.25, 0.3) is 0 Å². The normalized spacial score (nSPS) is 10.8. The topological polar surface area (TPSA) is 103 Å². The van der Waals surface area contributed by atoms with Crippen LogP contribution in [0.5, 0.6) is 5.75 Å². The van der Waals surface area contributed by atoms with Gasteiger partial charge < -0.3 is 15.0 Å². The van der Waals surface area contributed by atoms with Crippen molar-refractivity contribution in [2.24, 2.45) is 0 Å². The second-order valence-corrected chi connectivity index (χ2v) is 5.40. The number of aromatic nitrogens is 4. The zero-order valence-electron chi connectivity index (χ0n) is 13.4. The number of methoxy groups -OCH3 is 1. The monoisotopic (exact) mass is 333 g/mol. The number of para-hydroxylation sites is 1. The number of nitrogen functional groups attached to an aromatic ring is 1. The largest absolute Gasteiger partial charge is 0.497 e. The second kappa shape index (κ2) is 6.12. The number of benzene rings is 2. The molecule has 7 nitrogen and oxygen atoms in total. The van der Waals surface area contributed by atoms with Crippen molar-refractivity contribution in [2.75, 3.05) is 12.8 Å². The molecule has 0 saturated carbocycles. The number of aromatic amines is 1. The molecule has 0 radical (unpaired) electrons. The van der Waals surface area contributed by atoms with E-state index in [1.165, 1.54) is 0 Å². The second-order valence-electron chi connectivity index (χ2n) is 5.40. The molecule has 2 aromatic heterocycles. The Balaban J connectivity index is 1.63. The van der Waals surface area contributed by atoms with E-state index in [1.54, 1.807) is 13.2 Å². The molecule has 3 N–H and O–H groups in total. The molecule has 124 valence electrons. The lowest BCUT2D eigenvalue weighted by atomic mass is 10.1. The fraction of sp³-hybridized carbons (Fsp3) is 0.0556. The van der Waals surface area contributed by atoms with Gasteiger partial charge in [-0.25, -0.2) is 4.98 Å². The molecule has 2 heterocycles. The van der Waals surface area contributed by atoms with Crippen molar-refractivity contribution in [3.05, 3.63) is 54.6 Å². The van der Waals surface area contributed by atoms with E-state index >= 15 is 0 Å². The van der Waals surface area contributed by atoms with Crippen LogP contribution in [0.1, 0.15) is 0 Å². The van der Waals surface area contributed by atoms with Gasteiger partial charge >= 0.3 is 0 Å². The van der Waals surface area contributed by atoms with Crippen LogP contribution in [-0.2, 0) is 0 Å². The van der Waals surface area contributed by atoms with Gasteiger partial charge in [0.05, 0.1) is 7.11 Å². The number of ether oxygens (including phenoxy) is 1. The fourth-order valence-electron chi connectivity index (χ4n) is 2.48. The third-order valence-corrected chi connectivity index (χ3v) is 3.81. The number of nitrogens with zero attached hydrogens (tertiary/aromatic N) is 3. The Morgan fingerprint density at radius 1 is 1.08 bits per heavy atom. The smallest absolute Gasteiger partial charge is 0.183 e. The van der Waals surface area contributed by atoms with Crippen LogP contribution in [-0.4, -0.2) is 27.4 Å². The Hall–Kier alpha value is -3.61. The number of H-pyrrole nitrogens is 1. The molecule has 0 aliphatic heterocycles. The molecule has 0 spiro atoms. The summed E-state index contributed by atoms with van der Waals surface area (Å²) < 4.78 is 10.6. The maximum atomic E-state index is 5.97. The van der Waals surface area contributed by atoms with Crippen LogP contribution < -0.4 is 10.5 Å². The number of nitrogens with two attached hydrogens (primary N) is 1. The molecule has 4 aromatic rings. The summed E-state index contributed by atoms with van der Waals surface area (Å²) in [6, 6.07) is 16.8. The van der Waals surface area contributed by atoms with E-state index in [0.29, 0.717) is 28.8 Å². The van der Waals surface area contributed by atoms with Crippen LogP contribution in [0.2, 0.25) is 0 Å². The van der Waals surface area contributed by atoms with Crippen LogP contribution in [0.25, 0.3) is 34.2 Å². The number of anilines is 1. The minimum Gasteiger partial charge on any atom is -0.497 e. The van der Waals surface area contributed by atoms with E-state index in [0.717, 1.165) is 16.9 Å². The molecule has 0 saturated heterocycles. The zero-order valence-corrected chi connectivity index (χ0v) is 13.4. The Bertz CT molecular complexity index is 1000. The van der Waals surface area contributed by atoms with Gasteiger partial charge in [-0.2, -0.15) is 5.10 Å². The SMILES string of the molecule is COc1ccc(-c2cc(-c3nc(-c4ccccc4N)n[nH]3)no2)cc1. The number of rotatable bonds is 4. The molecule has 0 bridgehead atoms. The molecule has 0 atom stereocenters. The highest BCUT2D eigenvalue weighted by Gasteiger charge is 2.14.